The first-order chi connectivity index (χ1) is 25.2. The lowest BCUT2D eigenvalue weighted by molar-refractivity contribution is -0.118. The lowest BCUT2D eigenvalue weighted by Gasteiger charge is -2.38. The van der Waals surface area contributed by atoms with Gasteiger partial charge in [0.05, 0.1) is 37.1 Å². The normalized spacial score (nSPS) is 17.0. The number of benzene rings is 3. The van der Waals surface area contributed by atoms with Gasteiger partial charge in [-0.1, -0.05) is 36.8 Å². The Morgan fingerprint density at radius 1 is 1.00 bits per heavy atom. The van der Waals surface area contributed by atoms with Gasteiger partial charge in [0.25, 0.3) is 5.91 Å². The molecule has 3 aromatic carbocycles. The van der Waals surface area contributed by atoms with Crippen molar-refractivity contribution >= 4 is 29.0 Å². The Morgan fingerprint density at radius 3 is 2.52 bits per heavy atom. The van der Waals surface area contributed by atoms with Crippen LogP contribution < -0.4 is 20.1 Å². The summed E-state index contributed by atoms with van der Waals surface area (Å²) < 4.78 is 51.9. The molecule has 3 heterocycles. The summed E-state index contributed by atoms with van der Waals surface area (Å²) in [6.07, 6.45) is 0.698. The Hall–Kier alpha value is -5.78. The molecule has 1 fully saturated rings. The number of alkyl halides is 2. The molecule has 12 heteroatoms. The third-order valence-corrected chi connectivity index (χ3v) is 9.94. The number of hydrogen-bond donors (Lipinski definition) is 3. The molecule has 268 valence electrons. The van der Waals surface area contributed by atoms with Crippen LogP contribution in [-0.2, 0) is 11.3 Å². The second-order valence-electron chi connectivity index (χ2n) is 13.0. The average Bonchev–Trinajstić information content (AvgIpc) is 3.79. The van der Waals surface area contributed by atoms with E-state index in [1.807, 2.05) is 53.4 Å². The number of carbonyl (C=O) groups excluding carboxylic acids is 2. The highest BCUT2D eigenvalue weighted by Gasteiger charge is 2.46. The van der Waals surface area contributed by atoms with Crippen molar-refractivity contribution in [2.24, 2.45) is 0 Å². The lowest BCUT2D eigenvalue weighted by Crippen LogP contribution is -2.45. The minimum atomic E-state index is -2.76. The molecular weight excluding hydrogens is 671 g/mol. The Bertz CT molecular complexity index is 2070. The highest BCUT2D eigenvalue weighted by atomic mass is 19.3. The molecule has 1 aliphatic heterocycles. The Morgan fingerprint density at radius 2 is 1.79 bits per heavy atom. The van der Waals surface area contributed by atoms with Gasteiger partial charge < -0.3 is 30.0 Å². The van der Waals surface area contributed by atoms with E-state index in [-0.39, 0.29) is 29.2 Å². The minimum Gasteiger partial charge on any atom is -0.497 e. The number of aromatic nitrogens is 2. The van der Waals surface area contributed by atoms with Crippen LogP contribution in [0, 0.1) is 5.82 Å². The fourth-order valence-corrected chi connectivity index (χ4v) is 7.46. The van der Waals surface area contributed by atoms with Crippen LogP contribution in [0.5, 0.6) is 11.5 Å². The fourth-order valence-electron chi connectivity index (χ4n) is 7.46. The number of fused-ring (bicyclic) bond motifs is 3. The summed E-state index contributed by atoms with van der Waals surface area (Å²) in [6, 6.07) is 23.4. The van der Waals surface area contributed by atoms with Crippen molar-refractivity contribution in [2.75, 3.05) is 24.9 Å². The molecule has 9 nitrogen and oxygen atoms in total. The molecule has 2 aromatic heterocycles. The predicted molar refractivity (Wildman–Crippen MR) is 192 cm³/mol. The van der Waals surface area contributed by atoms with Gasteiger partial charge in [0.1, 0.15) is 23.1 Å². The first-order valence-electron chi connectivity index (χ1n) is 17.1. The molecular formula is C40H38F3N5O4. The van der Waals surface area contributed by atoms with Crippen molar-refractivity contribution in [3.05, 3.63) is 119 Å². The zero-order chi connectivity index (χ0) is 36.4. The monoisotopic (exact) mass is 709 g/mol. The molecule has 5 aromatic rings. The number of nitrogens with one attached hydrogen (secondary N) is 3. The average molecular weight is 710 g/mol. The summed E-state index contributed by atoms with van der Waals surface area (Å²) >= 11 is 0. The van der Waals surface area contributed by atoms with E-state index in [1.54, 1.807) is 26.4 Å². The molecule has 2 amide bonds. The molecule has 7 rings (SSSR count). The first-order valence-corrected chi connectivity index (χ1v) is 17.1. The van der Waals surface area contributed by atoms with Crippen LogP contribution in [-0.4, -0.2) is 53.4 Å². The van der Waals surface area contributed by atoms with Crippen molar-refractivity contribution in [3.63, 3.8) is 0 Å². The van der Waals surface area contributed by atoms with Crippen molar-refractivity contribution in [2.45, 2.75) is 56.5 Å². The summed E-state index contributed by atoms with van der Waals surface area (Å²) in [5, 5.41) is 6.19. The van der Waals surface area contributed by atoms with Gasteiger partial charge in [-0.05, 0) is 66.9 Å². The zero-order valence-electron chi connectivity index (χ0n) is 28.7. The van der Waals surface area contributed by atoms with Crippen LogP contribution in [0.25, 0.3) is 11.3 Å². The number of anilines is 3. The van der Waals surface area contributed by atoms with Gasteiger partial charge in [-0.3, -0.25) is 9.59 Å². The Labute approximate surface area is 299 Å². The van der Waals surface area contributed by atoms with Crippen LogP contribution in [0.15, 0.2) is 91.1 Å². The third-order valence-electron chi connectivity index (χ3n) is 9.94. The number of carbonyl (C=O) groups is 2. The largest absolute Gasteiger partial charge is 0.497 e. The minimum absolute atomic E-state index is 0.0339. The van der Waals surface area contributed by atoms with Crippen molar-refractivity contribution in [1.29, 1.82) is 0 Å². The Kier molecular flexibility index (Phi) is 9.88. The number of rotatable bonds is 12. The number of methoxy groups -OCH3 is 2. The number of ether oxygens (including phenoxy) is 2. The second-order valence-corrected chi connectivity index (χ2v) is 13.0. The fraction of sp³-hybridized carbons (Fsp3) is 0.275. The molecule has 0 radical (unpaired) electrons. The van der Waals surface area contributed by atoms with E-state index in [0.717, 1.165) is 48.3 Å². The SMILES string of the molecule is COc1ccc(CN2C(=O)c3c([nH]c(-c4ccnc(NC(=O)C(CC(F)F)c5ccc(F)cc5)c4)c3Nc3ccccc3)C3CCCC32)c(OC)c1. The van der Waals surface area contributed by atoms with E-state index in [9.17, 15) is 22.8 Å². The molecule has 1 aliphatic carbocycles. The number of H-pyrrole nitrogens is 1. The third kappa shape index (κ3) is 6.92. The van der Waals surface area contributed by atoms with E-state index in [1.165, 1.54) is 18.3 Å². The van der Waals surface area contributed by atoms with Crippen LogP contribution in [0.3, 0.4) is 0 Å². The predicted octanol–water partition coefficient (Wildman–Crippen LogP) is 8.65. The van der Waals surface area contributed by atoms with Gasteiger partial charge in [0.15, 0.2) is 0 Å². The van der Waals surface area contributed by atoms with Gasteiger partial charge in [-0.25, -0.2) is 18.2 Å². The second kappa shape index (κ2) is 14.8. The van der Waals surface area contributed by atoms with Crippen LogP contribution in [0.1, 0.15) is 64.7 Å². The summed E-state index contributed by atoms with van der Waals surface area (Å²) in [7, 11) is 3.19. The zero-order valence-corrected chi connectivity index (χ0v) is 28.7. The van der Waals surface area contributed by atoms with Crippen LogP contribution >= 0.6 is 0 Å². The molecule has 0 bridgehead atoms. The highest BCUT2D eigenvalue weighted by Crippen LogP contribution is 2.49. The summed E-state index contributed by atoms with van der Waals surface area (Å²) in [6.45, 7) is 0.344. The van der Waals surface area contributed by atoms with E-state index in [0.29, 0.717) is 40.6 Å². The molecule has 52 heavy (non-hydrogen) atoms. The molecule has 0 spiro atoms. The van der Waals surface area contributed by atoms with Gasteiger partial charge in [0.2, 0.25) is 12.3 Å². The number of amides is 2. The summed E-state index contributed by atoms with van der Waals surface area (Å²) in [4.78, 5) is 38.0. The molecule has 0 saturated heterocycles. The number of para-hydroxylation sites is 1. The van der Waals surface area contributed by atoms with Gasteiger partial charge >= 0.3 is 0 Å². The van der Waals surface area contributed by atoms with Crippen LogP contribution in [0.2, 0.25) is 0 Å². The number of nitrogens with zero attached hydrogens (tertiary/aromatic N) is 2. The maximum Gasteiger partial charge on any atom is 0.258 e. The van der Waals surface area contributed by atoms with E-state index in [4.69, 9.17) is 9.47 Å². The number of aromatic amines is 1. The molecule has 2 aliphatic rings. The standard InChI is InChI=1S/C40H38F3N5O4/c1-51-28-16-13-25(32(20-28)52-2)22-48-31-10-6-9-29(31)37-35(40(48)50)38(45-27-7-4-3-5-8-27)36(47-37)24-17-18-44-34(19-24)46-39(49)30(21-33(42)43)23-11-14-26(41)15-12-23/h3-5,7-8,11-20,29-31,33,45,47H,6,9-10,21-22H2,1-2H3,(H,44,46,49). The molecule has 1 saturated carbocycles. The van der Waals surface area contributed by atoms with Gasteiger partial charge in [-0.15, -0.1) is 0 Å². The number of pyridine rings is 1. The van der Waals surface area contributed by atoms with E-state index < -0.39 is 30.5 Å². The highest BCUT2D eigenvalue weighted by molar-refractivity contribution is 6.07. The van der Waals surface area contributed by atoms with Crippen molar-refractivity contribution in [1.82, 2.24) is 14.9 Å². The van der Waals surface area contributed by atoms with Crippen molar-refractivity contribution < 1.29 is 32.2 Å². The summed E-state index contributed by atoms with van der Waals surface area (Å²) in [5.41, 5.74) is 5.09. The molecule has 3 N–H and O–H groups in total. The molecule has 3 unspecified atom stereocenters. The first kappa shape index (κ1) is 34.7. The smallest absolute Gasteiger partial charge is 0.258 e. The molecule has 3 atom stereocenters. The summed E-state index contributed by atoms with van der Waals surface area (Å²) in [5.74, 6) is -1.11. The quantitative estimate of drug-likeness (QED) is 0.120. The Balaban J connectivity index is 1.27. The maximum absolute atomic E-state index is 14.7. The van der Waals surface area contributed by atoms with Gasteiger partial charge in [0, 0.05) is 59.7 Å². The number of halogens is 3. The van der Waals surface area contributed by atoms with Crippen LogP contribution in [0.4, 0.5) is 30.4 Å². The lowest BCUT2D eigenvalue weighted by atomic mass is 9.89. The maximum atomic E-state index is 14.7. The van der Waals surface area contributed by atoms with Crippen molar-refractivity contribution in [3.8, 4) is 22.8 Å². The van der Waals surface area contributed by atoms with Gasteiger partial charge in [-0.2, -0.15) is 0 Å². The topological polar surface area (TPSA) is 109 Å². The number of hydrogen-bond acceptors (Lipinski definition) is 6. The van der Waals surface area contributed by atoms with E-state index in [2.05, 4.69) is 20.6 Å². The van der Waals surface area contributed by atoms with E-state index >= 15 is 0 Å².